The maximum Gasteiger partial charge on any atom is 0.264 e. The number of benzene rings is 2. The van der Waals surface area contributed by atoms with Crippen LogP contribution in [0.3, 0.4) is 0 Å². The van der Waals surface area contributed by atoms with Crippen molar-refractivity contribution in [2.75, 3.05) is 25.1 Å². The third-order valence-corrected chi connectivity index (χ3v) is 6.68. The maximum absolute atomic E-state index is 13.4. The first-order valence-corrected chi connectivity index (χ1v) is 9.77. The zero-order valence-electron chi connectivity index (χ0n) is 15.3. The van der Waals surface area contributed by atoms with Gasteiger partial charge in [0.1, 0.15) is 11.5 Å². The summed E-state index contributed by atoms with van der Waals surface area (Å²) in [7, 11) is -0.673. The van der Waals surface area contributed by atoms with Gasteiger partial charge < -0.3 is 14.6 Å². The predicted molar refractivity (Wildman–Crippen MR) is 99.6 cm³/mol. The Morgan fingerprint density at radius 2 is 1.81 bits per heavy atom. The van der Waals surface area contributed by atoms with Crippen molar-refractivity contribution in [1.29, 1.82) is 0 Å². The molecule has 2 aromatic rings. The number of hydrogen-bond acceptors (Lipinski definition) is 5. The van der Waals surface area contributed by atoms with E-state index in [1.165, 1.54) is 11.4 Å². The lowest BCUT2D eigenvalue weighted by Gasteiger charge is -2.33. The van der Waals surface area contributed by atoms with Crippen molar-refractivity contribution in [2.24, 2.45) is 0 Å². The van der Waals surface area contributed by atoms with Crippen molar-refractivity contribution in [3.05, 3.63) is 47.0 Å². The molecule has 0 bridgehead atoms. The van der Waals surface area contributed by atoms with Gasteiger partial charge in [-0.1, -0.05) is 0 Å². The average molecular weight is 377 g/mol. The van der Waals surface area contributed by atoms with Crippen LogP contribution >= 0.6 is 0 Å². The van der Waals surface area contributed by atoms with Gasteiger partial charge in [0.15, 0.2) is 0 Å². The van der Waals surface area contributed by atoms with Crippen LogP contribution in [-0.2, 0) is 10.0 Å². The fourth-order valence-corrected chi connectivity index (χ4v) is 5.10. The van der Waals surface area contributed by atoms with Crippen LogP contribution in [0, 0.1) is 13.8 Å². The van der Waals surface area contributed by atoms with Crippen LogP contribution in [0.25, 0.3) is 0 Å². The first-order valence-electron chi connectivity index (χ1n) is 8.33. The molecule has 0 aliphatic carbocycles. The third-order valence-electron chi connectivity index (χ3n) is 4.73. The molecule has 0 fully saturated rings. The fourth-order valence-electron chi connectivity index (χ4n) is 3.30. The van der Waals surface area contributed by atoms with Crippen LogP contribution in [-0.4, -0.2) is 34.3 Å². The SMILES string of the molecule is COc1ccc2c(c1)C(O)CCN2S(=O)(=O)c1cc(C)c(OC)cc1C. The fraction of sp³-hybridized carbons (Fsp3) is 0.368. The molecule has 0 radical (unpaired) electrons. The number of aliphatic hydroxyl groups excluding tert-OH is 1. The van der Waals surface area contributed by atoms with Gasteiger partial charge in [-0.05, 0) is 61.7 Å². The van der Waals surface area contributed by atoms with E-state index in [-0.39, 0.29) is 11.4 Å². The number of aryl methyl sites for hydroxylation is 2. The smallest absolute Gasteiger partial charge is 0.264 e. The number of sulfonamides is 1. The summed E-state index contributed by atoms with van der Waals surface area (Å²) >= 11 is 0. The molecular formula is C19H23NO5S. The number of fused-ring (bicyclic) bond motifs is 1. The van der Waals surface area contributed by atoms with E-state index in [1.807, 2.05) is 6.92 Å². The van der Waals surface area contributed by atoms with Crippen molar-refractivity contribution in [1.82, 2.24) is 0 Å². The first-order chi connectivity index (χ1) is 12.3. The number of nitrogens with zero attached hydrogens (tertiary/aromatic N) is 1. The highest BCUT2D eigenvalue weighted by Gasteiger charge is 2.34. The van der Waals surface area contributed by atoms with E-state index in [0.717, 1.165) is 5.56 Å². The molecule has 3 rings (SSSR count). The first kappa shape index (κ1) is 18.5. The van der Waals surface area contributed by atoms with Crippen LogP contribution in [0.5, 0.6) is 11.5 Å². The van der Waals surface area contributed by atoms with Crippen molar-refractivity contribution < 1.29 is 23.0 Å². The average Bonchev–Trinajstić information content (AvgIpc) is 2.63. The monoisotopic (exact) mass is 377 g/mol. The zero-order chi connectivity index (χ0) is 19.1. The zero-order valence-corrected chi connectivity index (χ0v) is 16.1. The van der Waals surface area contributed by atoms with Gasteiger partial charge in [0, 0.05) is 12.1 Å². The number of anilines is 1. The summed E-state index contributed by atoms with van der Waals surface area (Å²) in [6.45, 7) is 3.78. The minimum Gasteiger partial charge on any atom is -0.497 e. The van der Waals surface area contributed by atoms with E-state index < -0.39 is 16.1 Å². The van der Waals surface area contributed by atoms with Gasteiger partial charge in [0.25, 0.3) is 10.0 Å². The van der Waals surface area contributed by atoms with Gasteiger partial charge in [-0.2, -0.15) is 0 Å². The molecule has 0 spiro atoms. The summed E-state index contributed by atoms with van der Waals surface area (Å²) in [5.74, 6) is 1.24. The standard InChI is InChI=1S/C19H23NO5S/c1-12-10-19(13(2)9-18(12)25-4)26(22,23)20-8-7-17(21)15-11-14(24-3)5-6-16(15)20/h5-6,9-11,17,21H,7-8H2,1-4H3. The van der Waals surface area contributed by atoms with Crippen molar-refractivity contribution >= 4 is 15.7 Å². The Morgan fingerprint density at radius 3 is 2.46 bits per heavy atom. The lowest BCUT2D eigenvalue weighted by Crippen LogP contribution is -2.37. The van der Waals surface area contributed by atoms with E-state index in [9.17, 15) is 13.5 Å². The highest BCUT2D eigenvalue weighted by molar-refractivity contribution is 7.92. The summed E-state index contributed by atoms with van der Waals surface area (Å²) in [5.41, 5.74) is 2.41. The minimum atomic E-state index is -3.77. The number of rotatable bonds is 4. The molecule has 6 nitrogen and oxygen atoms in total. The molecule has 1 unspecified atom stereocenters. The van der Waals surface area contributed by atoms with E-state index in [1.54, 1.807) is 44.4 Å². The highest BCUT2D eigenvalue weighted by atomic mass is 32.2. The molecule has 1 heterocycles. The maximum atomic E-state index is 13.4. The Balaban J connectivity index is 2.12. The Morgan fingerprint density at radius 1 is 1.08 bits per heavy atom. The molecule has 1 atom stereocenters. The van der Waals surface area contributed by atoms with Crippen LogP contribution in [0.4, 0.5) is 5.69 Å². The lowest BCUT2D eigenvalue weighted by molar-refractivity contribution is 0.166. The molecule has 0 amide bonds. The Labute approximate surface area is 154 Å². The third kappa shape index (κ3) is 3.01. The van der Waals surface area contributed by atoms with Crippen LogP contribution in [0.15, 0.2) is 35.2 Å². The quantitative estimate of drug-likeness (QED) is 0.887. The molecule has 2 aromatic carbocycles. The molecule has 1 N–H and O–H groups in total. The van der Waals surface area contributed by atoms with E-state index in [4.69, 9.17) is 9.47 Å². The number of hydrogen-bond donors (Lipinski definition) is 1. The van der Waals surface area contributed by atoms with E-state index in [0.29, 0.717) is 34.7 Å². The lowest BCUT2D eigenvalue weighted by atomic mass is 10.0. The minimum absolute atomic E-state index is 0.216. The summed E-state index contributed by atoms with van der Waals surface area (Å²) in [6, 6.07) is 8.44. The van der Waals surface area contributed by atoms with E-state index >= 15 is 0 Å². The number of aliphatic hydroxyl groups is 1. The van der Waals surface area contributed by atoms with Gasteiger partial charge >= 0.3 is 0 Å². The summed E-state index contributed by atoms with van der Waals surface area (Å²) in [4.78, 5) is 0.244. The number of methoxy groups -OCH3 is 2. The van der Waals surface area contributed by atoms with E-state index in [2.05, 4.69) is 0 Å². The summed E-state index contributed by atoms with van der Waals surface area (Å²) in [6.07, 6.45) is -0.390. The number of ether oxygens (including phenoxy) is 2. The topological polar surface area (TPSA) is 76.1 Å². The summed E-state index contributed by atoms with van der Waals surface area (Å²) in [5, 5.41) is 10.3. The van der Waals surface area contributed by atoms with Crippen molar-refractivity contribution in [2.45, 2.75) is 31.3 Å². The predicted octanol–water partition coefficient (Wildman–Crippen LogP) is 2.95. The second-order valence-electron chi connectivity index (χ2n) is 6.39. The molecule has 140 valence electrons. The molecule has 0 saturated heterocycles. The van der Waals surface area contributed by atoms with Gasteiger partial charge in [0.2, 0.25) is 0 Å². The highest BCUT2D eigenvalue weighted by Crippen LogP contribution is 2.40. The molecule has 0 aromatic heterocycles. The Bertz CT molecular complexity index is 939. The largest absolute Gasteiger partial charge is 0.497 e. The van der Waals surface area contributed by atoms with Gasteiger partial charge in [-0.15, -0.1) is 0 Å². The van der Waals surface area contributed by atoms with Crippen LogP contribution < -0.4 is 13.8 Å². The normalized spacial score (nSPS) is 17.0. The molecule has 7 heteroatoms. The second-order valence-corrected chi connectivity index (χ2v) is 8.22. The molecular weight excluding hydrogens is 354 g/mol. The molecule has 1 aliphatic rings. The van der Waals surface area contributed by atoms with Gasteiger partial charge in [-0.25, -0.2) is 8.42 Å². The van der Waals surface area contributed by atoms with Crippen molar-refractivity contribution in [3.8, 4) is 11.5 Å². The second kappa shape index (κ2) is 6.81. The Hall–Kier alpha value is -2.25. The van der Waals surface area contributed by atoms with Gasteiger partial charge in [-0.3, -0.25) is 4.31 Å². The molecule has 26 heavy (non-hydrogen) atoms. The summed E-state index contributed by atoms with van der Waals surface area (Å²) < 4.78 is 38.6. The van der Waals surface area contributed by atoms with Crippen LogP contribution in [0.2, 0.25) is 0 Å². The Kier molecular flexibility index (Phi) is 4.86. The van der Waals surface area contributed by atoms with Gasteiger partial charge in [0.05, 0.1) is 30.9 Å². The molecule has 1 aliphatic heterocycles. The van der Waals surface area contributed by atoms with Crippen molar-refractivity contribution in [3.63, 3.8) is 0 Å². The molecule has 0 saturated carbocycles. The van der Waals surface area contributed by atoms with Crippen LogP contribution in [0.1, 0.15) is 29.2 Å².